The molecule has 0 bridgehead atoms. The van der Waals surface area contributed by atoms with Crippen LogP contribution in [0.2, 0.25) is 0 Å². The third-order valence-electron chi connectivity index (χ3n) is 0.928. The minimum Gasteiger partial charge on any atom is -0.376 e. The highest BCUT2D eigenvalue weighted by atomic mass is 16.3. The lowest BCUT2D eigenvalue weighted by Gasteiger charge is -1.92. The molecule has 2 N–H and O–H groups in total. The van der Waals surface area contributed by atoms with Gasteiger partial charge in [0.05, 0.1) is 0 Å². The second kappa shape index (κ2) is 5.61. The van der Waals surface area contributed by atoms with Crippen LogP contribution in [0, 0.1) is 0 Å². The van der Waals surface area contributed by atoms with Gasteiger partial charge in [-0.3, -0.25) is 9.59 Å². The van der Waals surface area contributed by atoms with E-state index >= 15 is 0 Å². The number of nitrogens with one attached hydrogen (secondary N) is 1. The maximum atomic E-state index is 10.6. The Morgan fingerprint density at radius 3 is 2.64 bits per heavy atom. The van der Waals surface area contributed by atoms with E-state index in [0.717, 1.165) is 0 Å². The Labute approximate surface area is 64.9 Å². The first-order chi connectivity index (χ1) is 5.16. The van der Waals surface area contributed by atoms with Gasteiger partial charge in [-0.05, 0) is 13.0 Å². The van der Waals surface area contributed by atoms with E-state index in [-0.39, 0.29) is 18.9 Å². The molecule has 0 spiro atoms. The van der Waals surface area contributed by atoms with Gasteiger partial charge in [0.25, 0.3) is 0 Å². The predicted octanol–water partition coefficient (Wildman–Crippen LogP) is -0.412. The van der Waals surface area contributed by atoms with E-state index < -0.39 is 5.91 Å². The first kappa shape index (κ1) is 9.84. The summed E-state index contributed by atoms with van der Waals surface area (Å²) in [6.45, 7) is 1.05. The molecule has 0 aromatic carbocycles. The number of carbonyl (C=O) groups excluding carboxylic acids is 2. The standard InChI is InChI=1S/C7H11NO3/c1-6(10)3-2-4-7(11)8-5-9/h2,4,9H,3,5H2,1H3,(H,8,11). The van der Waals surface area contributed by atoms with Gasteiger partial charge in [0.2, 0.25) is 5.91 Å². The summed E-state index contributed by atoms with van der Waals surface area (Å²) in [6, 6.07) is 0. The molecule has 0 atom stereocenters. The summed E-state index contributed by atoms with van der Waals surface area (Å²) in [4.78, 5) is 20.9. The number of rotatable bonds is 4. The van der Waals surface area contributed by atoms with Crippen molar-refractivity contribution in [2.24, 2.45) is 0 Å². The smallest absolute Gasteiger partial charge is 0.245 e. The summed E-state index contributed by atoms with van der Waals surface area (Å²) in [5, 5.41) is 10.4. The van der Waals surface area contributed by atoms with Gasteiger partial charge < -0.3 is 10.4 Å². The summed E-state index contributed by atoms with van der Waals surface area (Å²) < 4.78 is 0. The summed E-state index contributed by atoms with van der Waals surface area (Å²) in [7, 11) is 0. The molecule has 0 rings (SSSR count). The highest BCUT2D eigenvalue weighted by Crippen LogP contribution is 1.83. The van der Waals surface area contributed by atoms with Gasteiger partial charge in [-0.1, -0.05) is 6.08 Å². The number of carbonyl (C=O) groups is 2. The van der Waals surface area contributed by atoms with E-state index in [1.807, 2.05) is 0 Å². The zero-order valence-electron chi connectivity index (χ0n) is 6.33. The van der Waals surface area contributed by atoms with Crippen molar-refractivity contribution in [2.45, 2.75) is 13.3 Å². The summed E-state index contributed by atoms with van der Waals surface area (Å²) in [6.07, 6.45) is 2.92. The lowest BCUT2D eigenvalue weighted by molar-refractivity contribution is -0.117. The van der Waals surface area contributed by atoms with Crippen molar-refractivity contribution in [3.8, 4) is 0 Å². The predicted molar refractivity (Wildman–Crippen MR) is 39.7 cm³/mol. The van der Waals surface area contributed by atoms with Crippen LogP contribution < -0.4 is 5.32 Å². The van der Waals surface area contributed by atoms with Crippen LogP contribution in [0.15, 0.2) is 12.2 Å². The van der Waals surface area contributed by atoms with E-state index in [1.54, 1.807) is 0 Å². The molecule has 0 aromatic heterocycles. The van der Waals surface area contributed by atoms with E-state index in [2.05, 4.69) is 5.32 Å². The molecule has 0 aliphatic carbocycles. The Balaban J connectivity index is 3.56. The number of aliphatic hydroxyl groups excluding tert-OH is 1. The monoisotopic (exact) mass is 157 g/mol. The molecule has 0 saturated heterocycles. The fourth-order valence-electron chi connectivity index (χ4n) is 0.469. The zero-order chi connectivity index (χ0) is 8.69. The number of ketones is 1. The third-order valence-corrected chi connectivity index (χ3v) is 0.928. The topological polar surface area (TPSA) is 66.4 Å². The van der Waals surface area contributed by atoms with Gasteiger partial charge >= 0.3 is 0 Å². The van der Waals surface area contributed by atoms with E-state index in [9.17, 15) is 9.59 Å². The summed E-state index contributed by atoms with van der Waals surface area (Å²) in [5.74, 6) is -0.396. The summed E-state index contributed by atoms with van der Waals surface area (Å²) in [5.41, 5.74) is 0. The van der Waals surface area contributed by atoms with E-state index in [4.69, 9.17) is 5.11 Å². The minimum absolute atomic E-state index is 0.00181. The molecule has 0 unspecified atom stereocenters. The number of hydrogen-bond acceptors (Lipinski definition) is 3. The third kappa shape index (κ3) is 6.73. The van der Waals surface area contributed by atoms with Gasteiger partial charge in [-0.15, -0.1) is 0 Å². The van der Waals surface area contributed by atoms with Crippen LogP contribution in [0.3, 0.4) is 0 Å². The molecule has 0 fully saturated rings. The molecule has 0 radical (unpaired) electrons. The molecule has 0 aliphatic heterocycles. The normalized spacial score (nSPS) is 10.0. The molecule has 0 heterocycles. The van der Waals surface area contributed by atoms with Crippen LogP contribution in [-0.4, -0.2) is 23.5 Å². The number of allylic oxidation sites excluding steroid dienone is 1. The Bertz CT molecular complexity index is 175. The van der Waals surface area contributed by atoms with Gasteiger partial charge in [-0.2, -0.15) is 0 Å². The van der Waals surface area contributed by atoms with Crippen LogP contribution >= 0.6 is 0 Å². The number of hydrogen-bond donors (Lipinski definition) is 2. The van der Waals surface area contributed by atoms with Gasteiger partial charge in [0.1, 0.15) is 12.5 Å². The molecular weight excluding hydrogens is 146 g/mol. The Hall–Kier alpha value is -1.16. The lowest BCUT2D eigenvalue weighted by atomic mass is 10.3. The quantitative estimate of drug-likeness (QED) is 0.430. The van der Waals surface area contributed by atoms with Crippen LogP contribution in [0.5, 0.6) is 0 Å². The van der Waals surface area contributed by atoms with E-state index in [1.165, 1.54) is 19.1 Å². The molecule has 0 aromatic rings. The van der Waals surface area contributed by atoms with Crippen molar-refractivity contribution in [1.82, 2.24) is 5.32 Å². The van der Waals surface area contributed by atoms with Crippen LogP contribution in [0.25, 0.3) is 0 Å². The first-order valence-electron chi connectivity index (χ1n) is 3.21. The maximum absolute atomic E-state index is 10.6. The van der Waals surface area contributed by atoms with Gasteiger partial charge in [-0.25, -0.2) is 0 Å². The van der Waals surface area contributed by atoms with Crippen molar-refractivity contribution in [2.75, 3.05) is 6.73 Å². The van der Waals surface area contributed by atoms with Crippen molar-refractivity contribution in [1.29, 1.82) is 0 Å². The molecule has 0 saturated carbocycles. The number of Topliss-reactive ketones (excluding diaryl/α,β-unsaturated/α-hetero) is 1. The summed E-state index contributed by atoms with van der Waals surface area (Å²) >= 11 is 0. The Morgan fingerprint density at radius 2 is 2.18 bits per heavy atom. The largest absolute Gasteiger partial charge is 0.376 e. The van der Waals surface area contributed by atoms with Crippen LogP contribution in [0.4, 0.5) is 0 Å². The van der Waals surface area contributed by atoms with Gasteiger partial charge in [0.15, 0.2) is 0 Å². The van der Waals surface area contributed by atoms with Crippen molar-refractivity contribution >= 4 is 11.7 Å². The fourth-order valence-corrected chi connectivity index (χ4v) is 0.469. The zero-order valence-corrected chi connectivity index (χ0v) is 6.33. The second-order valence-corrected chi connectivity index (χ2v) is 2.01. The van der Waals surface area contributed by atoms with Gasteiger partial charge in [0, 0.05) is 6.42 Å². The van der Waals surface area contributed by atoms with Crippen molar-refractivity contribution < 1.29 is 14.7 Å². The lowest BCUT2D eigenvalue weighted by Crippen LogP contribution is -2.21. The van der Waals surface area contributed by atoms with Crippen molar-refractivity contribution in [3.63, 3.8) is 0 Å². The molecular formula is C7H11NO3. The van der Waals surface area contributed by atoms with Crippen LogP contribution in [-0.2, 0) is 9.59 Å². The molecule has 4 heteroatoms. The van der Waals surface area contributed by atoms with E-state index in [0.29, 0.717) is 0 Å². The average Bonchev–Trinajstić information content (AvgIpc) is 1.87. The van der Waals surface area contributed by atoms with Crippen molar-refractivity contribution in [3.05, 3.63) is 12.2 Å². The fraction of sp³-hybridized carbons (Fsp3) is 0.429. The molecule has 1 amide bonds. The van der Waals surface area contributed by atoms with Crippen LogP contribution in [0.1, 0.15) is 13.3 Å². The molecule has 4 nitrogen and oxygen atoms in total. The molecule has 62 valence electrons. The number of amides is 1. The average molecular weight is 157 g/mol. The maximum Gasteiger partial charge on any atom is 0.245 e. The molecule has 0 aliphatic rings. The highest BCUT2D eigenvalue weighted by molar-refractivity contribution is 5.88. The highest BCUT2D eigenvalue weighted by Gasteiger charge is 1.91. The molecule has 11 heavy (non-hydrogen) atoms. The Kier molecular flexibility index (Phi) is 5.02. The Morgan fingerprint density at radius 1 is 1.55 bits per heavy atom. The SMILES string of the molecule is CC(=O)CC=CC(=O)NCO. The minimum atomic E-state index is -0.395. The number of aliphatic hydroxyl groups is 1. The first-order valence-corrected chi connectivity index (χ1v) is 3.21. The second-order valence-electron chi connectivity index (χ2n) is 2.01.